The van der Waals surface area contributed by atoms with Gasteiger partial charge >= 0.3 is 35.3 Å². The Morgan fingerprint density at radius 3 is 2.57 bits per heavy atom. The van der Waals surface area contributed by atoms with E-state index >= 15 is 0 Å². The van der Waals surface area contributed by atoms with Crippen LogP contribution in [0.15, 0.2) is 21.3 Å². The van der Waals surface area contributed by atoms with Gasteiger partial charge in [-0.2, -0.15) is 4.68 Å². The molecule has 1 aromatic heterocycles. The van der Waals surface area contributed by atoms with Crippen LogP contribution in [0.2, 0.25) is 10.0 Å². The summed E-state index contributed by atoms with van der Waals surface area (Å²) in [7, 11) is 0. The van der Waals surface area contributed by atoms with Crippen molar-refractivity contribution in [2.75, 3.05) is 6.61 Å². The summed E-state index contributed by atoms with van der Waals surface area (Å²) in [6.45, 7) is 5.69. The number of halogens is 2. The summed E-state index contributed by atoms with van der Waals surface area (Å²) >= 11 is 12.2. The molecule has 23 heavy (non-hydrogen) atoms. The third-order valence-electron chi connectivity index (χ3n) is 2.73. The average molecular weight is 365 g/mol. The van der Waals surface area contributed by atoms with E-state index in [0.29, 0.717) is 17.3 Å². The van der Waals surface area contributed by atoms with E-state index in [0.717, 1.165) is 4.68 Å². The van der Waals surface area contributed by atoms with Crippen LogP contribution in [0, 0.1) is 12.3 Å². The van der Waals surface area contributed by atoms with E-state index in [1.807, 2.05) is 20.8 Å². The average Bonchev–Trinajstić information content (AvgIpc) is 2.80. The molecule has 0 aliphatic carbocycles. The van der Waals surface area contributed by atoms with Crippen LogP contribution in [0.4, 0.5) is 0 Å². The van der Waals surface area contributed by atoms with Gasteiger partial charge in [0.1, 0.15) is 12.4 Å². The van der Waals surface area contributed by atoms with Crippen molar-refractivity contribution in [2.45, 2.75) is 26.2 Å². The van der Waals surface area contributed by atoms with Gasteiger partial charge in [0.05, 0.1) is 15.7 Å². The third-order valence-corrected chi connectivity index (χ3v) is 3.33. The van der Waals surface area contributed by atoms with E-state index in [-0.39, 0.29) is 47.6 Å². The molecule has 0 spiro atoms. The number of hydrogen-bond donors (Lipinski definition) is 0. The molecule has 0 fully saturated rings. The van der Waals surface area contributed by atoms with Crippen LogP contribution in [0.3, 0.4) is 0 Å². The molecule has 5 nitrogen and oxygen atoms in total. The first-order chi connectivity index (χ1) is 10.2. The van der Waals surface area contributed by atoms with Crippen LogP contribution < -0.4 is 40.1 Å². The van der Waals surface area contributed by atoms with Gasteiger partial charge in [-0.1, -0.05) is 49.9 Å². The standard InChI is InChI=1S/C15H14Cl2N2O3.Na.H/c1-5-6-21-12-8-11(9(16)7-10(12)17)19-14(20)22-13(18-19)15(2,3)4;;/h1,7-8H,6H2,2-4H3;;/q;+1;-1. The van der Waals surface area contributed by atoms with Gasteiger partial charge in [-0.3, -0.25) is 0 Å². The molecular formula is C15H15Cl2N2NaO3. The molecule has 0 bridgehead atoms. The van der Waals surface area contributed by atoms with Gasteiger partial charge in [-0.15, -0.1) is 11.5 Å². The summed E-state index contributed by atoms with van der Waals surface area (Å²) in [5.41, 5.74) is -0.103. The van der Waals surface area contributed by atoms with Crippen molar-refractivity contribution >= 4 is 23.2 Å². The maximum absolute atomic E-state index is 12.0. The minimum Gasteiger partial charge on any atom is -1.00 e. The molecule has 1 aromatic carbocycles. The first-order valence-corrected chi connectivity index (χ1v) is 7.16. The molecule has 2 rings (SSSR count). The summed E-state index contributed by atoms with van der Waals surface area (Å²) in [5.74, 6) is 2.31. The van der Waals surface area contributed by atoms with Gasteiger partial charge in [0, 0.05) is 11.5 Å². The Balaban J connectivity index is 0.00000264. The molecule has 1 heterocycles. The minimum absolute atomic E-state index is 0. The predicted octanol–water partition coefficient (Wildman–Crippen LogP) is 0.558. The Labute approximate surface area is 167 Å². The Bertz CT molecular complexity index is 807. The van der Waals surface area contributed by atoms with Gasteiger partial charge in [0.2, 0.25) is 5.89 Å². The van der Waals surface area contributed by atoms with Crippen molar-refractivity contribution in [3.05, 3.63) is 38.6 Å². The summed E-state index contributed by atoms with van der Waals surface area (Å²) in [5, 5.41) is 4.71. The smallest absolute Gasteiger partial charge is 1.00 e. The monoisotopic (exact) mass is 364 g/mol. The molecule has 8 heteroatoms. The largest absolute Gasteiger partial charge is 1.00 e. The van der Waals surface area contributed by atoms with E-state index in [1.54, 1.807) is 0 Å². The number of nitrogens with zero attached hydrogens (tertiary/aromatic N) is 2. The van der Waals surface area contributed by atoms with Crippen LogP contribution in [0.25, 0.3) is 5.69 Å². The minimum atomic E-state index is -0.642. The maximum atomic E-state index is 12.0. The van der Waals surface area contributed by atoms with Crippen LogP contribution in [-0.4, -0.2) is 16.4 Å². The van der Waals surface area contributed by atoms with E-state index in [4.69, 9.17) is 38.8 Å². The maximum Gasteiger partial charge on any atom is 1.00 e. The van der Waals surface area contributed by atoms with Gasteiger partial charge in [0.15, 0.2) is 0 Å². The number of aromatic nitrogens is 2. The number of terminal acetylenes is 1. The molecule has 0 aliphatic rings. The topological polar surface area (TPSA) is 57.3 Å². The van der Waals surface area contributed by atoms with Crippen molar-refractivity contribution in [3.8, 4) is 23.8 Å². The fourth-order valence-electron chi connectivity index (χ4n) is 1.64. The fourth-order valence-corrected chi connectivity index (χ4v) is 2.16. The number of hydrogen-bond acceptors (Lipinski definition) is 4. The molecule has 0 N–H and O–H groups in total. The second-order valence-corrected chi connectivity index (χ2v) is 6.38. The molecule has 0 aliphatic heterocycles. The van der Waals surface area contributed by atoms with E-state index in [9.17, 15) is 4.79 Å². The molecule has 118 valence electrons. The van der Waals surface area contributed by atoms with Crippen molar-refractivity contribution in [2.24, 2.45) is 0 Å². The molecule has 0 radical (unpaired) electrons. The summed E-state index contributed by atoms with van der Waals surface area (Å²) in [6.07, 6.45) is 5.15. The van der Waals surface area contributed by atoms with Gasteiger partial charge < -0.3 is 10.6 Å². The molecule has 0 saturated carbocycles. The molecule has 0 amide bonds. The van der Waals surface area contributed by atoms with Crippen molar-refractivity contribution in [1.29, 1.82) is 0 Å². The Kier molecular flexibility index (Phi) is 6.81. The van der Waals surface area contributed by atoms with Crippen LogP contribution >= 0.6 is 23.2 Å². The SMILES string of the molecule is C#CCOc1cc(-n2nc(C(C)(C)C)oc2=O)c(Cl)cc1Cl.[H-].[Na+]. The van der Waals surface area contributed by atoms with Crippen LogP contribution in [0.1, 0.15) is 28.1 Å². The van der Waals surface area contributed by atoms with Crippen molar-refractivity contribution in [3.63, 3.8) is 0 Å². The zero-order chi connectivity index (χ0) is 16.5. The first kappa shape index (κ1) is 20.1. The van der Waals surface area contributed by atoms with Gasteiger partial charge in [-0.05, 0) is 6.07 Å². The molecule has 0 atom stereocenters. The summed E-state index contributed by atoms with van der Waals surface area (Å²) in [4.78, 5) is 12.0. The molecule has 0 saturated heterocycles. The number of ether oxygens (including phenoxy) is 1. The molecular weight excluding hydrogens is 350 g/mol. The van der Waals surface area contributed by atoms with Gasteiger partial charge in [-0.25, -0.2) is 4.79 Å². The van der Waals surface area contributed by atoms with Gasteiger partial charge in [0.25, 0.3) is 0 Å². The first-order valence-electron chi connectivity index (χ1n) is 6.40. The quantitative estimate of drug-likeness (QED) is 0.589. The predicted molar refractivity (Wildman–Crippen MR) is 86.3 cm³/mol. The van der Waals surface area contributed by atoms with E-state index < -0.39 is 11.2 Å². The van der Waals surface area contributed by atoms with E-state index in [1.165, 1.54) is 12.1 Å². The van der Waals surface area contributed by atoms with E-state index in [2.05, 4.69) is 11.0 Å². The van der Waals surface area contributed by atoms with Crippen LogP contribution in [-0.2, 0) is 5.41 Å². The fraction of sp³-hybridized carbons (Fsp3) is 0.333. The Hall–Kier alpha value is -0.900. The zero-order valence-corrected chi connectivity index (χ0v) is 16.8. The molecule has 0 unspecified atom stereocenters. The number of benzene rings is 1. The Morgan fingerprint density at radius 1 is 1.39 bits per heavy atom. The summed E-state index contributed by atoms with van der Waals surface area (Å²) < 4.78 is 11.6. The summed E-state index contributed by atoms with van der Waals surface area (Å²) in [6, 6.07) is 2.96. The molecule has 2 aromatic rings. The normalized spacial score (nSPS) is 10.8. The van der Waals surface area contributed by atoms with Crippen molar-refractivity contribution in [1.82, 2.24) is 9.78 Å². The second kappa shape index (κ2) is 7.78. The van der Waals surface area contributed by atoms with Crippen molar-refractivity contribution < 1.29 is 40.1 Å². The Morgan fingerprint density at radius 2 is 2.04 bits per heavy atom. The third kappa shape index (κ3) is 4.56. The van der Waals surface area contributed by atoms with Crippen LogP contribution in [0.5, 0.6) is 5.75 Å². The second-order valence-electron chi connectivity index (χ2n) is 5.56. The number of rotatable bonds is 3. The zero-order valence-electron chi connectivity index (χ0n) is 14.3.